The number of anilines is 1. The van der Waals surface area contributed by atoms with Crippen LogP contribution in [0, 0.1) is 6.92 Å². The van der Waals surface area contributed by atoms with E-state index in [1.807, 2.05) is 13.0 Å². The number of carbonyl (C=O) groups excluding carboxylic acids is 1. The second-order valence-corrected chi connectivity index (χ2v) is 9.75. The second-order valence-electron chi connectivity index (χ2n) is 6.98. The van der Waals surface area contributed by atoms with Crippen LogP contribution < -0.4 is 4.90 Å². The monoisotopic (exact) mass is 453 g/mol. The van der Waals surface area contributed by atoms with E-state index in [0.717, 1.165) is 17.7 Å². The number of halogens is 1. The van der Waals surface area contributed by atoms with Crippen LogP contribution in [0.5, 0.6) is 0 Å². The summed E-state index contributed by atoms with van der Waals surface area (Å²) in [6.07, 6.45) is 2.07. The fraction of sp³-hybridized carbons (Fsp3) is 0.444. The molecule has 1 amide bonds. The maximum Gasteiger partial charge on any atom is 0.245 e. The molecule has 1 fully saturated rings. The summed E-state index contributed by atoms with van der Waals surface area (Å²) in [7, 11) is -3.82. The summed E-state index contributed by atoms with van der Waals surface area (Å²) < 4.78 is 34.7. The lowest BCUT2D eigenvalue weighted by Crippen LogP contribution is -2.33. The molecule has 0 aliphatic carbocycles. The van der Waals surface area contributed by atoms with Crippen LogP contribution in [0.3, 0.4) is 0 Å². The van der Waals surface area contributed by atoms with Gasteiger partial charge in [-0.1, -0.05) is 21.1 Å². The van der Waals surface area contributed by atoms with Gasteiger partial charge in [0.15, 0.2) is 5.76 Å². The number of hydrogen-bond acceptors (Lipinski definition) is 5. The van der Waals surface area contributed by atoms with Crippen molar-refractivity contribution in [3.05, 3.63) is 39.7 Å². The van der Waals surface area contributed by atoms with Crippen molar-refractivity contribution in [2.75, 3.05) is 18.0 Å². The molecule has 0 spiro atoms. The molecule has 1 aromatic carbocycles. The third-order valence-corrected chi connectivity index (χ3v) is 7.52. The highest BCUT2D eigenvalue weighted by atomic mass is 79.9. The van der Waals surface area contributed by atoms with E-state index in [1.54, 1.807) is 17.0 Å². The molecule has 4 rings (SSSR count). The average Bonchev–Trinajstić information content (AvgIpc) is 3.31. The van der Waals surface area contributed by atoms with Crippen LogP contribution in [0.1, 0.15) is 42.8 Å². The first-order valence-electron chi connectivity index (χ1n) is 8.84. The van der Waals surface area contributed by atoms with Gasteiger partial charge in [-0.05, 0) is 43.9 Å². The molecule has 0 bridgehead atoms. The van der Waals surface area contributed by atoms with Crippen LogP contribution in [0.15, 0.2) is 32.1 Å². The van der Waals surface area contributed by atoms with E-state index in [-0.39, 0.29) is 16.8 Å². The highest BCUT2D eigenvalue weighted by molar-refractivity contribution is 9.10. The van der Waals surface area contributed by atoms with Gasteiger partial charge in [0.1, 0.15) is 4.90 Å². The number of aromatic nitrogens is 1. The number of hydrogen-bond donors (Lipinski definition) is 0. The molecule has 7 nitrogen and oxygen atoms in total. The number of carbonyl (C=O) groups is 1. The molecule has 144 valence electrons. The van der Waals surface area contributed by atoms with E-state index >= 15 is 0 Å². The Morgan fingerprint density at radius 2 is 2.07 bits per heavy atom. The fourth-order valence-corrected chi connectivity index (χ4v) is 6.54. The van der Waals surface area contributed by atoms with Gasteiger partial charge in [0, 0.05) is 30.6 Å². The molecule has 1 atom stereocenters. The van der Waals surface area contributed by atoms with Gasteiger partial charge in [0.2, 0.25) is 15.9 Å². The molecule has 3 heterocycles. The van der Waals surface area contributed by atoms with Crippen LogP contribution in [0.4, 0.5) is 5.69 Å². The molecule has 1 unspecified atom stereocenters. The Labute approximate surface area is 166 Å². The zero-order chi connectivity index (χ0) is 19.3. The van der Waals surface area contributed by atoms with Gasteiger partial charge < -0.3 is 9.42 Å². The molecule has 1 saturated heterocycles. The first-order valence-corrected chi connectivity index (χ1v) is 11.1. The highest BCUT2D eigenvalue weighted by Gasteiger charge is 2.41. The predicted octanol–water partition coefficient (Wildman–Crippen LogP) is 3.18. The molecular formula is C18H20BrN3O4S. The minimum atomic E-state index is -3.82. The Morgan fingerprint density at radius 3 is 2.74 bits per heavy atom. The van der Waals surface area contributed by atoms with Crippen molar-refractivity contribution >= 4 is 37.5 Å². The molecule has 2 aromatic rings. The number of rotatable bonds is 3. The summed E-state index contributed by atoms with van der Waals surface area (Å²) in [5.74, 6) is 0.403. The minimum absolute atomic E-state index is 0.156. The lowest BCUT2D eigenvalue weighted by Gasteiger charge is -2.25. The summed E-state index contributed by atoms with van der Waals surface area (Å²) >= 11 is 3.42. The van der Waals surface area contributed by atoms with Crippen molar-refractivity contribution in [3.8, 4) is 0 Å². The van der Waals surface area contributed by atoms with Crippen molar-refractivity contribution in [2.45, 2.75) is 44.0 Å². The van der Waals surface area contributed by atoms with Gasteiger partial charge in [-0.25, -0.2) is 8.42 Å². The van der Waals surface area contributed by atoms with E-state index in [0.29, 0.717) is 41.9 Å². The maximum absolute atomic E-state index is 13.6. The third-order valence-electron chi connectivity index (χ3n) is 5.14. The summed E-state index contributed by atoms with van der Waals surface area (Å²) in [6, 6.07) is 4.89. The molecule has 2 aliphatic rings. The minimum Gasteiger partial charge on any atom is -0.359 e. The molecule has 0 radical (unpaired) electrons. The predicted molar refractivity (Wildman–Crippen MR) is 103 cm³/mol. The number of nitrogens with zero attached hydrogens (tertiary/aromatic N) is 3. The molecule has 0 saturated carbocycles. The standard InChI is InChI=1S/C18H20BrN3O4S/c1-11-8-16(26-20-11)15-4-3-6-22(15)27(24,25)17-10-14(19)9-13-5-7-21(12(2)23)18(13)17/h8-10,15H,3-7H2,1-2H3. The van der Waals surface area contributed by atoms with E-state index < -0.39 is 10.0 Å². The normalized spacial score (nSPS) is 20.3. The first kappa shape index (κ1) is 18.6. The Bertz CT molecular complexity index is 1020. The molecular weight excluding hydrogens is 434 g/mol. The van der Waals surface area contributed by atoms with Gasteiger partial charge in [0.25, 0.3) is 0 Å². The summed E-state index contributed by atoms with van der Waals surface area (Å²) in [5.41, 5.74) is 2.09. The fourth-order valence-electron chi connectivity index (χ4n) is 3.96. The van der Waals surface area contributed by atoms with Crippen molar-refractivity contribution in [3.63, 3.8) is 0 Å². The topological polar surface area (TPSA) is 83.7 Å². The van der Waals surface area contributed by atoms with Gasteiger partial charge in [0.05, 0.1) is 17.4 Å². The SMILES string of the molecule is CC(=O)N1CCc2cc(Br)cc(S(=O)(=O)N3CCCC3c3cc(C)no3)c21. The van der Waals surface area contributed by atoms with E-state index in [9.17, 15) is 13.2 Å². The molecule has 0 N–H and O–H groups in total. The van der Waals surface area contributed by atoms with Crippen LogP contribution in [-0.4, -0.2) is 36.9 Å². The summed E-state index contributed by atoms with van der Waals surface area (Å²) in [6.45, 7) is 4.18. The van der Waals surface area contributed by atoms with Crippen molar-refractivity contribution in [2.24, 2.45) is 0 Å². The van der Waals surface area contributed by atoms with E-state index in [1.165, 1.54) is 11.2 Å². The summed E-state index contributed by atoms with van der Waals surface area (Å²) in [5, 5.41) is 3.90. The van der Waals surface area contributed by atoms with Crippen LogP contribution >= 0.6 is 15.9 Å². The van der Waals surface area contributed by atoms with Crippen molar-refractivity contribution in [1.29, 1.82) is 0 Å². The average molecular weight is 454 g/mol. The number of benzene rings is 1. The zero-order valence-electron chi connectivity index (χ0n) is 15.1. The Morgan fingerprint density at radius 1 is 1.30 bits per heavy atom. The van der Waals surface area contributed by atoms with Crippen LogP contribution in [0.25, 0.3) is 0 Å². The number of sulfonamides is 1. The van der Waals surface area contributed by atoms with Gasteiger partial charge in [-0.2, -0.15) is 4.31 Å². The molecule has 9 heteroatoms. The highest BCUT2D eigenvalue weighted by Crippen LogP contribution is 2.43. The lowest BCUT2D eigenvalue weighted by molar-refractivity contribution is -0.116. The Hall–Kier alpha value is -1.71. The lowest BCUT2D eigenvalue weighted by atomic mass is 10.2. The van der Waals surface area contributed by atoms with E-state index in [4.69, 9.17) is 4.52 Å². The third kappa shape index (κ3) is 3.11. The van der Waals surface area contributed by atoms with Gasteiger partial charge in [-0.15, -0.1) is 0 Å². The largest absolute Gasteiger partial charge is 0.359 e. The van der Waals surface area contributed by atoms with Crippen LogP contribution in [-0.2, 0) is 21.2 Å². The quantitative estimate of drug-likeness (QED) is 0.712. The van der Waals surface area contributed by atoms with Crippen molar-refractivity contribution < 1.29 is 17.7 Å². The smallest absolute Gasteiger partial charge is 0.245 e. The van der Waals surface area contributed by atoms with Gasteiger partial charge >= 0.3 is 0 Å². The number of fused-ring (bicyclic) bond motifs is 1. The number of amides is 1. The molecule has 1 aromatic heterocycles. The maximum atomic E-state index is 13.6. The summed E-state index contributed by atoms with van der Waals surface area (Å²) in [4.78, 5) is 13.8. The zero-order valence-corrected chi connectivity index (χ0v) is 17.5. The van der Waals surface area contributed by atoms with E-state index in [2.05, 4.69) is 21.1 Å². The van der Waals surface area contributed by atoms with Crippen molar-refractivity contribution in [1.82, 2.24) is 9.46 Å². The van der Waals surface area contributed by atoms with Crippen LogP contribution in [0.2, 0.25) is 0 Å². The van der Waals surface area contributed by atoms with Gasteiger partial charge in [-0.3, -0.25) is 4.79 Å². The first-order chi connectivity index (χ1) is 12.8. The molecule has 27 heavy (non-hydrogen) atoms. The Kier molecular flexibility index (Phi) is 4.64. The second kappa shape index (κ2) is 6.72. The number of aryl methyl sites for hydroxylation is 1. The Balaban J connectivity index is 1.82. The molecule has 2 aliphatic heterocycles.